The molecule has 0 saturated carbocycles. The second-order valence-corrected chi connectivity index (χ2v) is 10.6. The number of carbonyl (C=O) groups is 2. The quantitative estimate of drug-likeness (QED) is 0.216. The van der Waals surface area contributed by atoms with Crippen LogP contribution < -0.4 is 20.2 Å². The van der Waals surface area contributed by atoms with Crippen LogP contribution in [0.1, 0.15) is 38.0 Å². The molecule has 0 aliphatic carbocycles. The monoisotopic (exact) mass is 683 g/mol. The molecule has 0 radical (unpaired) electrons. The number of para-hydroxylation sites is 1. The summed E-state index contributed by atoms with van der Waals surface area (Å²) in [5, 5.41) is 4.74. The summed E-state index contributed by atoms with van der Waals surface area (Å²) in [7, 11) is 1.62. The van der Waals surface area contributed by atoms with Gasteiger partial charge >= 0.3 is 0 Å². The van der Waals surface area contributed by atoms with E-state index in [1.165, 1.54) is 5.01 Å². The number of anilines is 1. The summed E-state index contributed by atoms with van der Waals surface area (Å²) < 4.78 is 13.1. The highest BCUT2D eigenvalue weighted by molar-refractivity contribution is 14.1. The Labute approximate surface area is 242 Å². The molecule has 192 valence electrons. The minimum absolute atomic E-state index is 0.299. The first-order valence-corrected chi connectivity index (χ1v) is 13.6. The number of hydrogen-bond acceptors (Lipinski definition) is 5. The van der Waals surface area contributed by atoms with Crippen LogP contribution in [0.5, 0.6) is 11.5 Å². The van der Waals surface area contributed by atoms with Gasteiger partial charge in [-0.3, -0.25) is 15.0 Å². The Balaban J connectivity index is 1.50. The summed E-state index contributed by atoms with van der Waals surface area (Å²) in [6.45, 7) is 0.299. The van der Waals surface area contributed by atoms with Crippen LogP contribution in [0.15, 0.2) is 95.5 Å². The zero-order chi connectivity index (χ0) is 26.6. The number of carbonyl (C=O) groups excluding carboxylic acids is 2. The van der Waals surface area contributed by atoms with Crippen molar-refractivity contribution in [2.75, 3.05) is 12.4 Å². The van der Waals surface area contributed by atoms with Crippen molar-refractivity contribution in [2.24, 2.45) is 0 Å². The van der Waals surface area contributed by atoms with Gasteiger partial charge in [-0.2, -0.15) is 0 Å². The van der Waals surface area contributed by atoms with Gasteiger partial charge in [-0.1, -0.05) is 58.4 Å². The fourth-order valence-electron chi connectivity index (χ4n) is 4.19. The predicted molar refractivity (Wildman–Crippen MR) is 157 cm³/mol. The molecule has 0 fully saturated rings. The topological polar surface area (TPSA) is 79.9 Å². The number of hydrazine groups is 1. The first-order chi connectivity index (χ1) is 18.4. The van der Waals surface area contributed by atoms with Crippen molar-refractivity contribution >= 4 is 56.0 Å². The molecule has 1 atom stereocenters. The van der Waals surface area contributed by atoms with Gasteiger partial charge in [0, 0.05) is 19.3 Å². The van der Waals surface area contributed by atoms with E-state index in [9.17, 15) is 9.59 Å². The lowest BCUT2D eigenvalue weighted by Gasteiger charge is -2.38. The molecule has 2 amide bonds. The summed E-state index contributed by atoms with van der Waals surface area (Å²) in [6.07, 6.45) is -0.719. The van der Waals surface area contributed by atoms with E-state index in [2.05, 4.69) is 49.3 Å². The van der Waals surface area contributed by atoms with Crippen LogP contribution in [0.25, 0.3) is 0 Å². The number of rotatable bonds is 7. The lowest BCUT2D eigenvalue weighted by Crippen LogP contribution is -2.53. The van der Waals surface area contributed by atoms with E-state index >= 15 is 0 Å². The Morgan fingerprint density at radius 3 is 2.63 bits per heavy atom. The molecule has 7 nitrogen and oxygen atoms in total. The van der Waals surface area contributed by atoms with Gasteiger partial charge in [0.25, 0.3) is 11.8 Å². The van der Waals surface area contributed by atoms with Crippen molar-refractivity contribution in [3.63, 3.8) is 0 Å². The van der Waals surface area contributed by atoms with E-state index < -0.39 is 6.17 Å². The van der Waals surface area contributed by atoms with Crippen LogP contribution >= 0.6 is 38.5 Å². The van der Waals surface area contributed by atoms with E-state index in [0.29, 0.717) is 34.7 Å². The third-order valence-electron chi connectivity index (χ3n) is 6.06. The molecule has 1 aliphatic rings. The standard InChI is InChI=1S/C29H23BrIN3O4/c1-37-20-8-6-7-18(15-20)17-38-26-12-5-3-10-22(26)27-32-25-14-13-19(30)16-23(25)29(36)34(27)33-28(35)21-9-2-4-11-24(21)31/h2-16,27,32H,17H2,1H3,(H,33,35)/t27-/m0/s1. The van der Waals surface area contributed by atoms with Crippen LogP contribution in [0.2, 0.25) is 0 Å². The van der Waals surface area contributed by atoms with Gasteiger partial charge in [0.1, 0.15) is 18.1 Å². The Morgan fingerprint density at radius 2 is 1.82 bits per heavy atom. The summed E-state index contributed by atoms with van der Waals surface area (Å²) in [5.74, 6) is 0.594. The summed E-state index contributed by atoms with van der Waals surface area (Å²) in [6, 6.07) is 27.8. The molecule has 4 aromatic carbocycles. The molecule has 38 heavy (non-hydrogen) atoms. The zero-order valence-corrected chi connectivity index (χ0v) is 24.0. The number of benzene rings is 4. The zero-order valence-electron chi connectivity index (χ0n) is 20.3. The predicted octanol–water partition coefficient (Wildman–Crippen LogP) is 6.55. The molecule has 0 spiro atoms. The highest BCUT2D eigenvalue weighted by atomic mass is 127. The number of amides is 2. The van der Waals surface area contributed by atoms with Crippen molar-refractivity contribution in [2.45, 2.75) is 12.8 Å². The number of hydrogen-bond donors (Lipinski definition) is 2. The molecule has 2 N–H and O–H groups in total. The number of fused-ring (bicyclic) bond motifs is 1. The van der Waals surface area contributed by atoms with Crippen molar-refractivity contribution in [3.8, 4) is 11.5 Å². The molecule has 5 rings (SSSR count). The van der Waals surface area contributed by atoms with Crippen LogP contribution in [0.3, 0.4) is 0 Å². The highest BCUT2D eigenvalue weighted by Crippen LogP contribution is 2.37. The van der Waals surface area contributed by atoms with E-state index in [0.717, 1.165) is 19.4 Å². The molecule has 0 aromatic heterocycles. The average Bonchev–Trinajstić information content (AvgIpc) is 2.94. The van der Waals surface area contributed by atoms with Crippen molar-refractivity contribution in [3.05, 3.63) is 121 Å². The van der Waals surface area contributed by atoms with Crippen molar-refractivity contribution < 1.29 is 19.1 Å². The lowest BCUT2D eigenvalue weighted by molar-refractivity contribution is 0.0487. The van der Waals surface area contributed by atoms with E-state index in [1.807, 2.05) is 72.8 Å². The lowest BCUT2D eigenvalue weighted by atomic mass is 10.0. The number of methoxy groups -OCH3 is 1. The van der Waals surface area contributed by atoms with E-state index in [1.54, 1.807) is 25.3 Å². The number of halogens is 2. The molecular weight excluding hydrogens is 661 g/mol. The maximum absolute atomic E-state index is 13.8. The molecule has 4 aromatic rings. The third kappa shape index (κ3) is 5.48. The van der Waals surface area contributed by atoms with Crippen LogP contribution in [0, 0.1) is 3.57 Å². The fraction of sp³-hybridized carbons (Fsp3) is 0.103. The minimum atomic E-state index is -0.719. The van der Waals surface area contributed by atoms with Crippen molar-refractivity contribution in [1.82, 2.24) is 10.4 Å². The third-order valence-corrected chi connectivity index (χ3v) is 7.50. The van der Waals surface area contributed by atoms with E-state index in [-0.39, 0.29) is 11.8 Å². The Bertz CT molecular complexity index is 1510. The molecule has 1 heterocycles. The fourth-order valence-corrected chi connectivity index (χ4v) is 5.18. The van der Waals surface area contributed by atoms with Gasteiger partial charge in [0.15, 0.2) is 6.17 Å². The van der Waals surface area contributed by atoms with Gasteiger partial charge in [-0.05, 0) is 76.7 Å². The van der Waals surface area contributed by atoms with E-state index in [4.69, 9.17) is 9.47 Å². The SMILES string of the molecule is COc1cccc(COc2ccccc2[C@H]2Nc3ccc(Br)cc3C(=O)N2NC(=O)c2ccccc2I)c1. The maximum atomic E-state index is 13.8. The smallest absolute Gasteiger partial charge is 0.276 e. The summed E-state index contributed by atoms with van der Waals surface area (Å²) in [4.78, 5) is 27.1. The van der Waals surface area contributed by atoms with Crippen LogP contribution in [-0.2, 0) is 6.61 Å². The number of nitrogens with one attached hydrogen (secondary N) is 2. The second-order valence-electron chi connectivity index (χ2n) is 8.51. The first kappa shape index (κ1) is 26.1. The maximum Gasteiger partial charge on any atom is 0.276 e. The van der Waals surface area contributed by atoms with Gasteiger partial charge in [-0.25, -0.2) is 5.01 Å². The summed E-state index contributed by atoms with van der Waals surface area (Å²) in [5.41, 5.74) is 6.04. The Hall–Kier alpha value is -3.57. The molecule has 0 bridgehead atoms. The Kier molecular flexibility index (Phi) is 7.85. The van der Waals surface area contributed by atoms with Gasteiger partial charge in [0.05, 0.1) is 18.2 Å². The molecule has 0 saturated heterocycles. The van der Waals surface area contributed by atoms with Crippen molar-refractivity contribution in [1.29, 1.82) is 0 Å². The second kappa shape index (κ2) is 11.4. The van der Waals surface area contributed by atoms with Gasteiger partial charge < -0.3 is 14.8 Å². The van der Waals surface area contributed by atoms with Gasteiger partial charge in [0.2, 0.25) is 0 Å². The minimum Gasteiger partial charge on any atom is -0.497 e. The number of ether oxygens (including phenoxy) is 2. The normalized spacial score (nSPS) is 14.3. The molecule has 0 unspecified atom stereocenters. The molecule has 9 heteroatoms. The largest absolute Gasteiger partial charge is 0.497 e. The van der Waals surface area contributed by atoms with Gasteiger partial charge in [-0.15, -0.1) is 0 Å². The van der Waals surface area contributed by atoms with Crippen LogP contribution in [0.4, 0.5) is 5.69 Å². The average molecular weight is 684 g/mol. The number of nitrogens with zero attached hydrogens (tertiary/aromatic N) is 1. The Morgan fingerprint density at radius 1 is 1.03 bits per heavy atom. The highest BCUT2D eigenvalue weighted by Gasteiger charge is 2.36. The molecular formula is C29H23BrIN3O4. The summed E-state index contributed by atoms with van der Waals surface area (Å²) >= 11 is 5.55. The van der Waals surface area contributed by atoms with Crippen LogP contribution in [-0.4, -0.2) is 23.9 Å². The first-order valence-electron chi connectivity index (χ1n) is 11.7. The molecule has 1 aliphatic heterocycles.